The van der Waals surface area contributed by atoms with Gasteiger partial charge in [-0.05, 0) is 36.6 Å². The molecule has 0 aromatic heterocycles. The van der Waals surface area contributed by atoms with Crippen molar-refractivity contribution < 1.29 is 0 Å². The summed E-state index contributed by atoms with van der Waals surface area (Å²) in [5, 5.41) is 4.21. The summed E-state index contributed by atoms with van der Waals surface area (Å²) in [4.78, 5) is 0. The average molecular weight is 291 g/mol. The van der Waals surface area contributed by atoms with Crippen LogP contribution in [0.4, 0.5) is 0 Å². The van der Waals surface area contributed by atoms with Gasteiger partial charge in [0.05, 0.1) is 0 Å². The molecule has 0 aliphatic carbocycles. The monoisotopic (exact) mass is 289 g/mol. The summed E-state index contributed by atoms with van der Waals surface area (Å²) >= 11 is 9.49. The highest BCUT2D eigenvalue weighted by Crippen LogP contribution is 2.21. The van der Waals surface area contributed by atoms with Gasteiger partial charge in [-0.1, -0.05) is 47.4 Å². The topological polar surface area (TPSA) is 12.0 Å². The molecule has 15 heavy (non-hydrogen) atoms. The zero-order chi connectivity index (χ0) is 11.3. The Morgan fingerprint density at radius 3 is 2.73 bits per heavy atom. The van der Waals surface area contributed by atoms with E-state index in [0.29, 0.717) is 0 Å². The quantitative estimate of drug-likeness (QED) is 0.800. The zero-order valence-electron chi connectivity index (χ0n) is 9.19. The molecule has 0 heterocycles. The first-order chi connectivity index (χ1) is 7.09. The van der Waals surface area contributed by atoms with Crippen LogP contribution in [0.5, 0.6) is 0 Å². The highest BCUT2D eigenvalue weighted by molar-refractivity contribution is 9.10. The summed E-state index contributed by atoms with van der Waals surface area (Å²) in [5.41, 5.74) is 1.16. The minimum atomic E-state index is 0.748. The molecule has 0 bridgehead atoms. The lowest BCUT2D eigenvalue weighted by atomic mass is 10.1. The second-order valence-corrected chi connectivity index (χ2v) is 5.42. The summed E-state index contributed by atoms with van der Waals surface area (Å²) < 4.78 is 1.03. The van der Waals surface area contributed by atoms with E-state index in [9.17, 15) is 0 Å². The smallest absolute Gasteiger partial charge is 0.0462 e. The highest BCUT2D eigenvalue weighted by atomic mass is 79.9. The molecule has 0 saturated carbocycles. The van der Waals surface area contributed by atoms with E-state index in [0.717, 1.165) is 34.1 Å². The fourth-order valence-electron chi connectivity index (χ4n) is 1.28. The molecule has 1 nitrogen and oxygen atoms in total. The van der Waals surface area contributed by atoms with E-state index in [1.807, 2.05) is 12.1 Å². The van der Waals surface area contributed by atoms with Gasteiger partial charge in [-0.25, -0.2) is 0 Å². The van der Waals surface area contributed by atoms with Crippen LogP contribution in [0.25, 0.3) is 0 Å². The second-order valence-electron chi connectivity index (χ2n) is 4.10. The van der Waals surface area contributed by atoms with Gasteiger partial charge in [-0.15, -0.1) is 0 Å². The van der Waals surface area contributed by atoms with Crippen molar-refractivity contribution in [2.45, 2.75) is 26.8 Å². The molecule has 1 aromatic rings. The molecular formula is C12H17BrClN. The molecule has 3 heteroatoms. The summed E-state index contributed by atoms with van der Waals surface area (Å²) in [5.74, 6) is 0.748. The third-order valence-corrected chi connectivity index (χ3v) is 3.07. The molecule has 1 rings (SSSR count). The Bertz CT molecular complexity index is 312. The minimum absolute atomic E-state index is 0.748. The van der Waals surface area contributed by atoms with Gasteiger partial charge in [0.2, 0.25) is 0 Å². The first kappa shape index (κ1) is 13.0. The maximum absolute atomic E-state index is 6.10. The predicted molar refractivity (Wildman–Crippen MR) is 70.3 cm³/mol. The van der Waals surface area contributed by atoms with Crippen molar-refractivity contribution in [2.75, 3.05) is 6.54 Å². The largest absolute Gasteiger partial charge is 0.313 e. The van der Waals surface area contributed by atoms with Crippen LogP contribution in [0.1, 0.15) is 25.8 Å². The molecule has 84 valence electrons. The van der Waals surface area contributed by atoms with Crippen molar-refractivity contribution >= 4 is 27.5 Å². The van der Waals surface area contributed by atoms with E-state index in [4.69, 9.17) is 11.6 Å². The summed E-state index contributed by atoms with van der Waals surface area (Å²) in [7, 11) is 0. The molecule has 0 fully saturated rings. The molecule has 0 radical (unpaired) electrons. The van der Waals surface area contributed by atoms with Crippen LogP contribution in [0.2, 0.25) is 5.02 Å². The second kappa shape index (κ2) is 6.51. The van der Waals surface area contributed by atoms with Crippen LogP contribution < -0.4 is 5.32 Å². The van der Waals surface area contributed by atoms with Crippen molar-refractivity contribution in [2.24, 2.45) is 5.92 Å². The van der Waals surface area contributed by atoms with Gasteiger partial charge in [0.25, 0.3) is 0 Å². The van der Waals surface area contributed by atoms with Gasteiger partial charge in [0, 0.05) is 16.0 Å². The lowest BCUT2D eigenvalue weighted by Gasteiger charge is -2.08. The van der Waals surface area contributed by atoms with Gasteiger partial charge in [0.15, 0.2) is 0 Å². The molecule has 1 aromatic carbocycles. The highest BCUT2D eigenvalue weighted by Gasteiger charge is 2.00. The number of benzene rings is 1. The Labute approximate surface area is 105 Å². The maximum atomic E-state index is 6.10. The Kier molecular flexibility index (Phi) is 5.65. The number of halogens is 2. The molecule has 0 aliphatic heterocycles. The summed E-state index contributed by atoms with van der Waals surface area (Å²) in [6, 6.07) is 6.00. The number of hydrogen-bond acceptors (Lipinski definition) is 1. The van der Waals surface area contributed by atoms with Crippen molar-refractivity contribution in [3.05, 3.63) is 33.3 Å². The van der Waals surface area contributed by atoms with Crippen molar-refractivity contribution in [1.82, 2.24) is 5.32 Å². The van der Waals surface area contributed by atoms with Gasteiger partial charge in [0.1, 0.15) is 0 Å². The van der Waals surface area contributed by atoms with E-state index in [1.54, 1.807) is 0 Å². The maximum Gasteiger partial charge on any atom is 0.0462 e. The normalized spacial score (nSPS) is 11.0. The molecule has 0 unspecified atom stereocenters. The number of nitrogens with one attached hydrogen (secondary N) is 1. The predicted octanol–water partition coefficient (Wildman–Crippen LogP) is 4.24. The first-order valence-corrected chi connectivity index (χ1v) is 6.41. The van der Waals surface area contributed by atoms with Crippen LogP contribution in [-0.2, 0) is 6.54 Å². The first-order valence-electron chi connectivity index (χ1n) is 5.24. The molecule has 0 amide bonds. The van der Waals surface area contributed by atoms with E-state index >= 15 is 0 Å². The van der Waals surface area contributed by atoms with Gasteiger partial charge in [-0.3, -0.25) is 0 Å². The van der Waals surface area contributed by atoms with E-state index < -0.39 is 0 Å². The fraction of sp³-hybridized carbons (Fsp3) is 0.500. The van der Waals surface area contributed by atoms with Gasteiger partial charge >= 0.3 is 0 Å². The van der Waals surface area contributed by atoms with Crippen molar-refractivity contribution in [3.8, 4) is 0 Å². The van der Waals surface area contributed by atoms with Crippen molar-refractivity contribution in [3.63, 3.8) is 0 Å². The minimum Gasteiger partial charge on any atom is -0.313 e. The lowest BCUT2D eigenvalue weighted by Crippen LogP contribution is -2.16. The van der Waals surface area contributed by atoms with E-state index in [2.05, 4.69) is 41.2 Å². The molecule has 1 N–H and O–H groups in total. The summed E-state index contributed by atoms with van der Waals surface area (Å²) in [6.07, 6.45) is 1.20. The third-order valence-electron chi connectivity index (χ3n) is 2.23. The number of rotatable bonds is 5. The lowest BCUT2D eigenvalue weighted by molar-refractivity contribution is 0.537. The zero-order valence-corrected chi connectivity index (χ0v) is 11.5. The molecule has 0 saturated heterocycles. The van der Waals surface area contributed by atoms with E-state index in [-0.39, 0.29) is 0 Å². The van der Waals surface area contributed by atoms with Crippen molar-refractivity contribution in [1.29, 1.82) is 0 Å². The van der Waals surface area contributed by atoms with Gasteiger partial charge in [-0.2, -0.15) is 0 Å². The molecule has 0 aliphatic rings. The third kappa shape index (κ3) is 5.01. The molecule has 0 atom stereocenters. The Balaban J connectivity index is 2.37. The SMILES string of the molecule is CC(C)CCNCc1ccc(Br)cc1Cl. The van der Waals surface area contributed by atoms with E-state index in [1.165, 1.54) is 6.42 Å². The van der Waals surface area contributed by atoms with Crippen LogP contribution in [-0.4, -0.2) is 6.54 Å². The molecule has 0 spiro atoms. The fourth-order valence-corrected chi connectivity index (χ4v) is 2.02. The Morgan fingerprint density at radius 2 is 2.13 bits per heavy atom. The van der Waals surface area contributed by atoms with Crippen LogP contribution in [0.3, 0.4) is 0 Å². The van der Waals surface area contributed by atoms with Crippen LogP contribution in [0.15, 0.2) is 22.7 Å². The van der Waals surface area contributed by atoms with Crippen LogP contribution in [0, 0.1) is 5.92 Å². The standard InChI is InChI=1S/C12H17BrClN/c1-9(2)5-6-15-8-10-3-4-11(13)7-12(10)14/h3-4,7,9,15H,5-6,8H2,1-2H3. The Hall–Kier alpha value is -0.0500. The van der Waals surface area contributed by atoms with Crippen LogP contribution >= 0.6 is 27.5 Å². The number of hydrogen-bond donors (Lipinski definition) is 1. The summed E-state index contributed by atoms with van der Waals surface area (Å²) in [6.45, 7) is 6.35. The van der Waals surface area contributed by atoms with Gasteiger partial charge < -0.3 is 5.32 Å². The average Bonchev–Trinajstić information content (AvgIpc) is 2.14. The molecular weight excluding hydrogens is 273 g/mol. The Morgan fingerprint density at radius 1 is 1.40 bits per heavy atom.